The van der Waals surface area contributed by atoms with Crippen LogP contribution in [0, 0.1) is 4.91 Å². The van der Waals surface area contributed by atoms with Gasteiger partial charge in [0, 0.05) is 36.3 Å². The zero-order chi connectivity index (χ0) is 24.3. The van der Waals surface area contributed by atoms with Crippen LogP contribution in [0.15, 0.2) is 55.4 Å². The second-order valence-electron chi connectivity index (χ2n) is 8.33. The second kappa shape index (κ2) is 10.2. The Bertz CT molecular complexity index is 1400. The first-order valence-electron chi connectivity index (χ1n) is 11.1. The van der Waals surface area contributed by atoms with Crippen molar-refractivity contribution in [3.05, 3.63) is 79.0 Å². The molecular weight excluding hydrogens is 476 g/mol. The van der Waals surface area contributed by atoms with Gasteiger partial charge >= 0.3 is 5.69 Å². The van der Waals surface area contributed by atoms with Crippen LogP contribution in [0.1, 0.15) is 36.1 Å². The molecule has 180 valence electrons. The first-order valence-corrected chi connectivity index (χ1v) is 13.4. The second-order valence-corrected chi connectivity index (χ2v) is 11.7. The normalized spacial score (nSPS) is 13.7. The molecule has 0 bridgehead atoms. The number of nitroso groups, excluding NO2 is 1. The highest BCUT2D eigenvalue weighted by molar-refractivity contribution is 7.91. The summed E-state index contributed by atoms with van der Waals surface area (Å²) in [5.74, 6) is 0. The largest absolute Gasteiger partial charge is 0.328 e. The maximum absolute atomic E-state index is 13.1. The molecule has 1 aromatic carbocycles. The van der Waals surface area contributed by atoms with Crippen LogP contribution < -0.4 is 11.2 Å². The molecule has 0 amide bonds. The molecule has 1 N–H and O–H groups in total. The van der Waals surface area contributed by atoms with E-state index in [0.717, 1.165) is 34.5 Å². The van der Waals surface area contributed by atoms with E-state index >= 15 is 0 Å². The highest BCUT2D eigenvalue weighted by atomic mass is 32.2. The third-order valence-corrected chi connectivity index (χ3v) is 9.55. The van der Waals surface area contributed by atoms with Crippen molar-refractivity contribution in [1.29, 1.82) is 0 Å². The fourth-order valence-corrected chi connectivity index (χ4v) is 6.95. The van der Waals surface area contributed by atoms with Crippen LogP contribution in [0.5, 0.6) is 0 Å². The molecule has 9 nitrogen and oxygen atoms in total. The van der Waals surface area contributed by atoms with E-state index in [4.69, 9.17) is 0 Å². The lowest BCUT2D eigenvalue weighted by molar-refractivity contribution is 0.437. The Morgan fingerprint density at radius 2 is 1.82 bits per heavy atom. The van der Waals surface area contributed by atoms with Crippen molar-refractivity contribution < 1.29 is 8.42 Å². The Kier molecular flexibility index (Phi) is 7.24. The number of aromatic amines is 1. The number of aromatic nitrogens is 2. The summed E-state index contributed by atoms with van der Waals surface area (Å²) in [6, 6.07) is 10.6. The molecule has 4 rings (SSSR count). The molecule has 0 spiro atoms. The highest BCUT2D eigenvalue weighted by Crippen LogP contribution is 2.32. The molecule has 2 heterocycles. The van der Waals surface area contributed by atoms with Crippen LogP contribution in [-0.2, 0) is 36.0 Å². The lowest BCUT2D eigenvalue weighted by atomic mass is 9.97. The number of rotatable bonds is 9. The van der Waals surface area contributed by atoms with Crippen molar-refractivity contribution in [2.24, 2.45) is 5.18 Å². The van der Waals surface area contributed by atoms with Crippen LogP contribution in [0.3, 0.4) is 0 Å². The number of nitrogens with zero attached hydrogens (tertiary/aromatic N) is 3. The van der Waals surface area contributed by atoms with Crippen LogP contribution in [0.2, 0.25) is 0 Å². The highest BCUT2D eigenvalue weighted by Gasteiger charge is 2.23. The summed E-state index contributed by atoms with van der Waals surface area (Å²) < 4.78 is 29.3. The summed E-state index contributed by atoms with van der Waals surface area (Å²) in [5.41, 5.74) is 2.38. The first kappa shape index (κ1) is 24.2. The predicted molar refractivity (Wildman–Crippen MR) is 132 cm³/mol. The Morgan fingerprint density at radius 3 is 2.56 bits per heavy atom. The molecule has 0 saturated heterocycles. The molecule has 11 heteroatoms. The number of nitrogens with one attached hydrogen (secondary N) is 1. The minimum Gasteiger partial charge on any atom is -0.297 e. The van der Waals surface area contributed by atoms with Crippen molar-refractivity contribution in [2.45, 2.75) is 49.4 Å². The number of benzene rings is 1. The molecule has 2 aromatic heterocycles. The van der Waals surface area contributed by atoms with E-state index in [1.54, 1.807) is 28.8 Å². The van der Waals surface area contributed by atoms with E-state index < -0.39 is 15.7 Å². The molecule has 34 heavy (non-hydrogen) atoms. The number of sulfonamides is 1. The minimum absolute atomic E-state index is 0.100. The zero-order valence-electron chi connectivity index (χ0n) is 18.8. The topological polar surface area (TPSA) is 122 Å². The van der Waals surface area contributed by atoms with Gasteiger partial charge in [0.15, 0.2) is 0 Å². The number of hydrogen-bond donors (Lipinski definition) is 1. The third kappa shape index (κ3) is 4.96. The van der Waals surface area contributed by atoms with Crippen molar-refractivity contribution in [2.75, 3.05) is 13.6 Å². The van der Waals surface area contributed by atoms with Crippen molar-refractivity contribution in [3.8, 4) is 10.4 Å². The fourth-order valence-electron chi connectivity index (χ4n) is 4.22. The average molecular weight is 503 g/mol. The van der Waals surface area contributed by atoms with E-state index in [2.05, 4.69) is 10.2 Å². The molecule has 0 radical (unpaired) electrons. The SMILES string of the molecule is CN(CCCn1c2c(c(=O)[nH]c1=O)CCCC2)S(=O)(=O)c1ccc(-c2ccc(CN=O)cc2)s1. The quantitative estimate of drug-likeness (QED) is 0.451. The maximum atomic E-state index is 13.1. The molecule has 0 aliphatic heterocycles. The molecule has 0 unspecified atom stereocenters. The Morgan fingerprint density at radius 1 is 1.09 bits per heavy atom. The van der Waals surface area contributed by atoms with Gasteiger partial charge in [0.1, 0.15) is 10.8 Å². The summed E-state index contributed by atoms with van der Waals surface area (Å²) in [4.78, 5) is 38.0. The Hall–Kier alpha value is -2.89. The molecule has 0 atom stereocenters. The van der Waals surface area contributed by atoms with Crippen molar-refractivity contribution >= 4 is 21.4 Å². The van der Waals surface area contributed by atoms with Gasteiger partial charge in [-0.15, -0.1) is 11.3 Å². The Balaban J connectivity index is 1.44. The van der Waals surface area contributed by atoms with Crippen molar-refractivity contribution in [1.82, 2.24) is 13.9 Å². The minimum atomic E-state index is -3.68. The molecular formula is C23H26N4O5S2. The Labute approximate surface area is 201 Å². The van der Waals surface area contributed by atoms with E-state index in [9.17, 15) is 22.9 Å². The summed E-state index contributed by atoms with van der Waals surface area (Å²) in [6.07, 6.45) is 3.65. The summed E-state index contributed by atoms with van der Waals surface area (Å²) >= 11 is 1.18. The van der Waals surface area contributed by atoms with Gasteiger partial charge in [-0.2, -0.15) is 4.91 Å². The van der Waals surface area contributed by atoms with Gasteiger partial charge in [0.25, 0.3) is 15.6 Å². The van der Waals surface area contributed by atoms with Gasteiger partial charge in [-0.25, -0.2) is 17.5 Å². The summed E-state index contributed by atoms with van der Waals surface area (Å²) in [6.45, 7) is 0.682. The van der Waals surface area contributed by atoms with Crippen LogP contribution in [-0.4, -0.2) is 35.9 Å². The van der Waals surface area contributed by atoms with Crippen molar-refractivity contribution in [3.63, 3.8) is 0 Å². The molecule has 1 aliphatic carbocycles. The van der Waals surface area contributed by atoms with Gasteiger partial charge < -0.3 is 0 Å². The van der Waals surface area contributed by atoms with E-state index in [-0.39, 0.29) is 22.9 Å². The van der Waals surface area contributed by atoms with Gasteiger partial charge in [-0.1, -0.05) is 29.4 Å². The smallest absolute Gasteiger partial charge is 0.297 e. The fraction of sp³-hybridized carbons (Fsp3) is 0.391. The third-order valence-electron chi connectivity index (χ3n) is 6.09. The van der Waals surface area contributed by atoms with Crippen LogP contribution in [0.25, 0.3) is 10.4 Å². The van der Waals surface area contributed by atoms with Crippen LogP contribution in [0.4, 0.5) is 0 Å². The number of hydrogen-bond acceptors (Lipinski definition) is 7. The standard InChI is InChI=1S/C23H26N4O5S2/c1-26(13-4-14-27-19-6-3-2-5-18(19)22(28)25-23(27)29)34(31,32)21-12-11-20(33-21)17-9-7-16(8-10-17)15-24-30/h7-12H,2-6,13-15H2,1H3,(H,25,28,29). The average Bonchev–Trinajstić information content (AvgIpc) is 3.33. The predicted octanol–water partition coefficient (Wildman–Crippen LogP) is 3.12. The van der Waals surface area contributed by atoms with E-state index in [1.165, 1.54) is 22.7 Å². The number of fused-ring (bicyclic) bond motifs is 1. The van der Waals surface area contributed by atoms with Gasteiger partial charge in [0.05, 0.1) is 0 Å². The molecule has 0 saturated carbocycles. The molecule has 0 fully saturated rings. The lowest BCUT2D eigenvalue weighted by Gasteiger charge is -2.21. The number of H-pyrrole nitrogens is 1. The monoisotopic (exact) mass is 502 g/mol. The van der Waals surface area contributed by atoms with Crippen LogP contribution >= 0.6 is 11.3 Å². The summed E-state index contributed by atoms with van der Waals surface area (Å²) in [5, 5.41) is 2.87. The maximum Gasteiger partial charge on any atom is 0.328 e. The van der Waals surface area contributed by atoms with Gasteiger partial charge in [-0.3, -0.25) is 14.3 Å². The van der Waals surface area contributed by atoms with E-state index in [0.29, 0.717) is 31.4 Å². The summed E-state index contributed by atoms with van der Waals surface area (Å²) in [7, 11) is -2.15. The molecule has 3 aromatic rings. The zero-order valence-corrected chi connectivity index (χ0v) is 20.5. The molecule has 1 aliphatic rings. The van der Waals surface area contributed by atoms with Gasteiger partial charge in [0.2, 0.25) is 0 Å². The van der Waals surface area contributed by atoms with E-state index in [1.807, 2.05) is 12.1 Å². The lowest BCUT2D eigenvalue weighted by Crippen LogP contribution is -2.37. The first-order chi connectivity index (χ1) is 16.3. The number of thiophene rings is 1. The van der Waals surface area contributed by atoms with Gasteiger partial charge in [-0.05, 0) is 55.4 Å².